The van der Waals surface area contributed by atoms with Crippen molar-refractivity contribution in [2.75, 3.05) is 0 Å². The van der Waals surface area contributed by atoms with Crippen LogP contribution in [0, 0.1) is 22.4 Å². The van der Waals surface area contributed by atoms with Gasteiger partial charge in [0.15, 0.2) is 11.5 Å². The number of hydrogen-bond acceptors (Lipinski definition) is 5. The summed E-state index contributed by atoms with van der Waals surface area (Å²) in [7, 11) is 0. The van der Waals surface area contributed by atoms with Gasteiger partial charge in [0.1, 0.15) is 11.6 Å². The highest BCUT2D eigenvalue weighted by atomic mass is 16.6. The normalized spacial score (nSPS) is 10.1. The van der Waals surface area contributed by atoms with Crippen molar-refractivity contribution in [1.82, 2.24) is 0 Å². The summed E-state index contributed by atoms with van der Waals surface area (Å²) in [5, 5.41) is 28.0. The number of nitrogens with zero attached hydrogens (tertiary/aromatic N) is 1. The molecule has 21 heavy (non-hydrogen) atoms. The van der Waals surface area contributed by atoms with Crippen molar-refractivity contribution in [2.24, 2.45) is 5.73 Å². The fourth-order valence-corrected chi connectivity index (χ4v) is 1.76. The van der Waals surface area contributed by atoms with Crippen LogP contribution in [0.5, 0.6) is 17.2 Å². The number of nitrogens with two attached hydrogens (primary N) is 1. The first-order chi connectivity index (χ1) is 9.88. The first-order valence-electron chi connectivity index (χ1n) is 5.99. The Labute approximate surface area is 120 Å². The van der Waals surface area contributed by atoms with Crippen LogP contribution in [0.15, 0.2) is 36.4 Å². The third-order valence-electron chi connectivity index (χ3n) is 2.80. The van der Waals surface area contributed by atoms with Crippen molar-refractivity contribution in [1.29, 1.82) is 5.41 Å². The number of ether oxygens (including phenoxy) is 1. The number of phenolic OH excluding ortho intramolecular Hbond substituents is 1. The summed E-state index contributed by atoms with van der Waals surface area (Å²) in [5.74, 6) is -0.0904. The van der Waals surface area contributed by atoms with Crippen molar-refractivity contribution < 1.29 is 14.8 Å². The highest BCUT2D eigenvalue weighted by Gasteiger charge is 2.15. The average molecular weight is 287 g/mol. The van der Waals surface area contributed by atoms with Crippen LogP contribution in [-0.4, -0.2) is 15.9 Å². The third-order valence-corrected chi connectivity index (χ3v) is 2.80. The van der Waals surface area contributed by atoms with Gasteiger partial charge in [-0.25, -0.2) is 0 Å². The van der Waals surface area contributed by atoms with E-state index in [9.17, 15) is 15.2 Å². The number of non-ortho nitro benzene ring substituents is 1. The minimum Gasteiger partial charge on any atom is -0.504 e. The maximum atomic E-state index is 10.8. The van der Waals surface area contributed by atoms with Gasteiger partial charge < -0.3 is 15.6 Å². The molecule has 0 radical (unpaired) electrons. The predicted octanol–water partition coefficient (Wildman–Crippen LogP) is 2.69. The summed E-state index contributed by atoms with van der Waals surface area (Å²) in [6.45, 7) is 1.82. The van der Waals surface area contributed by atoms with E-state index >= 15 is 0 Å². The van der Waals surface area contributed by atoms with Crippen LogP contribution in [0.3, 0.4) is 0 Å². The van der Waals surface area contributed by atoms with E-state index in [0.29, 0.717) is 0 Å². The molecule has 0 fully saturated rings. The summed E-state index contributed by atoms with van der Waals surface area (Å²) >= 11 is 0. The number of aryl methyl sites for hydroxylation is 1. The van der Waals surface area contributed by atoms with Crippen molar-refractivity contribution in [3.63, 3.8) is 0 Å². The van der Waals surface area contributed by atoms with Crippen LogP contribution in [0.2, 0.25) is 0 Å². The predicted molar refractivity (Wildman–Crippen MR) is 77.0 cm³/mol. The minimum absolute atomic E-state index is 0.0668. The number of nitrogen functional groups attached to an aromatic ring is 1. The Morgan fingerprint density at radius 1 is 1.29 bits per heavy atom. The molecule has 0 aliphatic rings. The maximum Gasteiger partial charge on any atom is 0.270 e. The average Bonchev–Trinajstić information content (AvgIpc) is 2.41. The molecule has 4 N–H and O–H groups in total. The Hall–Kier alpha value is -3.09. The van der Waals surface area contributed by atoms with Crippen LogP contribution in [0.1, 0.15) is 11.1 Å². The Morgan fingerprint density at radius 2 is 1.95 bits per heavy atom. The standard InChI is InChI=1S/C14H13N3O4/c1-8-2-4-13(11(18)6-8)21-12-5-3-9(17(19)20)7-10(12)14(15)16/h2-7,18H,1H3,(H3,15,16). The molecule has 0 aromatic heterocycles. The van der Waals surface area contributed by atoms with Crippen LogP contribution in [0.4, 0.5) is 5.69 Å². The first-order valence-corrected chi connectivity index (χ1v) is 5.99. The number of amidine groups is 1. The molecule has 0 saturated heterocycles. The smallest absolute Gasteiger partial charge is 0.270 e. The van der Waals surface area contributed by atoms with E-state index in [0.717, 1.165) is 11.6 Å². The fraction of sp³-hybridized carbons (Fsp3) is 0.0714. The van der Waals surface area contributed by atoms with Gasteiger partial charge in [-0.3, -0.25) is 15.5 Å². The van der Waals surface area contributed by atoms with Gasteiger partial charge in [0.25, 0.3) is 5.69 Å². The van der Waals surface area contributed by atoms with Crippen LogP contribution in [0.25, 0.3) is 0 Å². The van der Waals surface area contributed by atoms with Crippen molar-refractivity contribution >= 4 is 11.5 Å². The molecular weight excluding hydrogens is 274 g/mol. The molecule has 0 unspecified atom stereocenters. The second kappa shape index (κ2) is 5.49. The van der Waals surface area contributed by atoms with E-state index in [-0.39, 0.29) is 34.3 Å². The summed E-state index contributed by atoms with van der Waals surface area (Å²) in [4.78, 5) is 10.2. The van der Waals surface area contributed by atoms with E-state index in [1.54, 1.807) is 12.1 Å². The number of phenols is 1. The van der Waals surface area contributed by atoms with Gasteiger partial charge in [0.2, 0.25) is 0 Å². The van der Waals surface area contributed by atoms with Crippen LogP contribution < -0.4 is 10.5 Å². The topological polar surface area (TPSA) is 122 Å². The van der Waals surface area contributed by atoms with E-state index in [1.165, 1.54) is 18.2 Å². The molecule has 0 bridgehead atoms. The van der Waals surface area contributed by atoms with Gasteiger partial charge in [-0.05, 0) is 30.7 Å². The second-order valence-corrected chi connectivity index (χ2v) is 4.42. The largest absolute Gasteiger partial charge is 0.504 e. The van der Waals surface area contributed by atoms with Crippen molar-refractivity contribution in [3.05, 3.63) is 57.6 Å². The molecule has 7 heteroatoms. The first kappa shape index (κ1) is 14.3. The molecule has 2 aromatic rings. The zero-order valence-electron chi connectivity index (χ0n) is 11.2. The lowest BCUT2D eigenvalue weighted by atomic mass is 10.1. The molecule has 2 aromatic carbocycles. The molecule has 7 nitrogen and oxygen atoms in total. The Balaban J connectivity index is 2.44. The van der Waals surface area contributed by atoms with Gasteiger partial charge >= 0.3 is 0 Å². The monoisotopic (exact) mass is 287 g/mol. The molecule has 108 valence electrons. The number of aromatic hydroxyl groups is 1. The highest BCUT2D eigenvalue weighted by molar-refractivity contribution is 5.98. The molecule has 0 amide bonds. The Morgan fingerprint density at radius 3 is 2.52 bits per heavy atom. The summed E-state index contributed by atoms with van der Waals surface area (Å²) in [6.07, 6.45) is 0. The third kappa shape index (κ3) is 3.08. The van der Waals surface area contributed by atoms with Gasteiger partial charge in [0.05, 0.1) is 10.5 Å². The maximum absolute atomic E-state index is 10.8. The summed E-state index contributed by atoms with van der Waals surface area (Å²) in [6, 6.07) is 8.57. The minimum atomic E-state index is -0.584. The Kier molecular flexibility index (Phi) is 3.75. The zero-order chi connectivity index (χ0) is 15.6. The van der Waals surface area contributed by atoms with Crippen molar-refractivity contribution in [3.8, 4) is 17.2 Å². The lowest BCUT2D eigenvalue weighted by Crippen LogP contribution is -2.12. The van der Waals surface area contributed by atoms with Gasteiger partial charge in [-0.1, -0.05) is 6.07 Å². The molecule has 0 atom stereocenters. The Bertz CT molecular complexity index is 728. The van der Waals surface area contributed by atoms with Gasteiger partial charge in [-0.15, -0.1) is 0 Å². The molecule has 0 aliphatic carbocycles. The number of rotatable bonds is 4. The lowest BCUT2D eigenvalue weighted by Gasteiger charge is -2.11. The lowest BCUT2D eigenvalue weighted by molar-refractivity contribution is -0.384. The van der Waals surface area contributed by atoms with Crippen LogP contribution in [-0.2, 0) is 0 Å². The number of hydrogen-bond donors (Lipinski definition) is 3. The number of nitrogens with one attached hydrogen (secondary N) is 1. The SMILES string of the molecule is Cc1ccc(Oc2ccc([N+](=O)[O-])cc2C(=N)N)c(O)c1. The van der Waals surface area contributed by atoms with E-state index in [1.807, 2.05) is 6.92 Å². The molecule has 2 rings (SSSR count). The van der Waals surface area contributed by atoms with Crippen LogP contribution >= 0.6 is 0 Å². The van der Waals surface area contributed by atoms with Crippen molar-refractivity contribution in [2.45, 2.75) is 6.92 Å². The molecular formula is C14H13N3O4. The quantitative estimate of drug-likeness (QED) is 0.345. The zero-order valence-corrected chi connectivity index (χ0v) is 11.2. The number of benzene rings is 2. The summed E-state index contributed by atoms with van der Waals surface area (Å²) in [5.41, 5.74) is 6.17. The molecule has 0 heterocycles. The molecule has 0 spiro atoms. The van der Waals surface area contributed by atoms with E-state index < -0.39 is 4.92 Å². The highest BCUT2D eigenvalue weighted by Crippen LogP contribution is 2.34. The van der Waals surface area contributed by atoms with Gasteiger partial charge in [-0.2, -0.15) is 0 Å². The van der Waals surface area contributed by atoms with E-state index in [2.05, 4.69) is 0 Å². The molecule has 0 aliphatic heterocycles. The second-order valence-electron chi connectivity index (χ2n) is 4.42. The van der Waals surface area contributed by atoms with Gasteiger partial charge in [0, 0.05) is 12.1 Å². The molecule has 0 saturated carbocycles. The fourth-order valence-electron chi connectivity index (χ4n) is 1.76. The number of nitro benzene ring substituents is 1. The van der Waals surface area contributed by atoms with E-state index in [4.69, 9.17) is 15.9 Å². The number of nitro groups is 1. The summed E-state index contributed by atoms with van der Waals surface area (Å²) < 4.78 is 5.50.